The average molecular weight is 352 g/mol. The summed E-state index contributed by atoms with van der Waals surface area (Å²) in [6.45, 7) is 0.479. The summed E-state index contributed by atoms with van der Waals surface area (Å²) in [4.78, 5) is 11.4. The summed E-state index contributed by atoms with van der Waals surface area (Å²) < 4.78 is 26.4. The molecule has 1 heterocycles. The molecule has 0 bridgehead atoms. The van der Waals surface area contributed by atoms with Crippen LogP contribution in [0.25, 0.3) is 0 Å². The van der Waals surface area contributed by atoms with Crippen LogP contribution < -0.4 is 11.3 Å². The molecular formula is C12H15Cl2N3O3S. The zero-order chi connectivity index (χ0) is 15.6. The van der Waals surface area contributed by atoms with Crippen LogP contribution in [-0.2, 0) is 14.8 Å². The molecule has 1 aromatic carbocycles. The molecule has 0 atom stereocenters. The Hall–Kier alpha value is -0.860. The molecule has 0 spiro atoms. The van der Waals surface area contributed by atoms with Crippen molar-refractivity contribution in [1.29, 1.82) is 0 Å². The number of hydrogen-bond acceptors (Lipinski definition) is 4. The molecule has 6 nitrogen and oxygen atoms in total. The van der Waals surface area contributed by atoms with Crippen molar-refractivity contribution in [3.63, 3.8) is 0 Å². The number of hydrazine groups is 1. The summed E-state index contributed by atoms with van der Waals surface area (Å²) >= 11 is 11.8. The van der Waals surface area contributed by atoms with E-state index in [0.29, 0.717) is 17.9 Å². The van der Waals surface area contributed by atoms with Gasteiger partial charge in [-0.15, -0.1) is 0 Å². The minimum absolute atomic E-state index is 0.0154. The maximum atomic E-state index is 12.6. The molecule has 0 radical (unpaired) electrons. The largest absolute Gasteiger partial charge is 0.294 e. The summed E-state index contributed by atoms with van der Waals surface area (Å²) in [7, 11) is -3.72. The van der Waals surface area contributed by atoms with Gasteiger partial charge in [0.05, 0.1) is 5.02 Å². The second-order valence-electron chi connectivity index (χ2n) is 4.76. The summed E-state index contributed by atoms with van der Waals surface area (Å²) in [6.07, 6.45) is 0.834. The van der Waals surface area contributed by atoms with Crippen molar-refractivity contribution < 1.29 is 13.2 Å². The second kappa shape index (κ2) is 6.50. The van der Waals surface area contributed by atoms with Crippen molar-refractivity contribution in [1.82, 2.24) is 9.73 Å². The van der Waals surface area contributed by atoms with Gasteiger partial charge in [-0.2, -0.15) is 4.31 Å². The Labute approximate surface area is 133 Å². The number of nitrogens with two attached hydrogens (primary N) is 1. The van der Waals surface area contributed by atoms with Crippen molar-refractivity contribution in [3.05, 3.63) is 28.2 Å². The van der Waals surface area contributed by atoms with Crippen LogP contribution in [0.1, 0.15) is 12.8 Å². The molecule has 9 heteroatoms. The summed E-state index contributed by atoms with van der Waals surface area (Å²) in [5.74, 6) is 4.55. The maximum absolute atomic E-state index is 12.6. The number of nitrogens with one attached hydrogen (secondary N) is 1. The van der Waals surface area contributed by atoms with Crippen molar-refractivity contribution in [2.75, 3.05) is 13.1 Å². The third-order valence-corrected chi connectivity index (χ3v) is 6.09. The standard InChI is InChI=1S/C12H15Cl2N3O3S/c13-9-1-2-10(14)11(7-9)21(19,20)17-5-3-8(4-6-17)12(18)16-15/h1-2,7-8H,3-6,15H2,(H,16,18). The van der Waals surface area contributed by atoms with Crippen LogP contribution in [0, 0.1) is 5.92 Å². The first-order valence-corrected chi connectivity index (χ1v) is 8.51. The highest BCUT2D eigenvalue weighted by molar-refractivity contribution is 7.89. The number of hydrogen-bond donors (Lipinski definition) is 2. The van der Waals surface area contributed by atoms with Gasteiger partial charge in [-0.3, -0.25) is 10.2 Å². The molecule has 116 valence electrons. The number of carbonyl (C=O) groups excluding carboxylic acids is 1. The Morgan fingerprint density at radius 3 is 2.48 bits per heavy atom. The van der Waals surface area contributed by atoms with Crippen LogP contribution >= 0.6 is 23.2 Å². The number of benzene rings is 1. The maximum Gasteiger partial charge on any atom is 0.244 e. The molecule has 3 N–H and O–H groups in total. The molecule has 1 aromatic rings. The van der Waals surface area contributed by atoms with Gasteiger partial charge in [0.25, 0.3) is 0 Å². The predicted molar refractivity (Wildman–Crippen MR) is 80.3 cm³/mol. The molecule has 1 amide bonds. The van der Waals surface area contributed by atoms with Gasteiger partial charge in [-0.05, 0) is 31.0 Å². The zero-order valence-corrected chi connectivity index (χ0v) is 13.4. The first kappa shape index (κ1) is 16.5. The fourth-order valence-electron chi connectivity index (χ4n) is 2.29. The number of rotatable bonds is 3. The van der Waals surface area contributed by atoms with Crippen LogP contribution in [0.2, 0.25) is 10.0 Å². The van der Waals surface area contributed by atoms with E-state index in [2.05, 4.69) is 5.43 Å². The molecular weight excluding hydrogens is 337 g/mol. The van der Waals surface area contributed by atoms with Crippen LogP contribution in [0.3, 0.4) is 0 Å². The Kier molecular flexibility index (Phi) is 5.11. The summed E-state index contributed by atoms with van der Waals surface area (Å²) in [5, 5.41) is 0.427. The van der Waals surface area contributed by atoms with Crippen LogP contribution in [0.5, 0.6) is 0 Å². The first-order chi connectivity index (χ1) is 9.86. The van der Waals surface area contributed by atoms with E-state index >= 15 is 0 Å². The van der Waals surface area contributed by atoms with E-state index in [1.54, 1.807) is 0 Å². The van der Waals surface area contributed by atoms with E-state index in [1.165, 1.54) is 22.5 Å². The van der Waals surface area contributed by atoms with Gasteiger partial charge in [0.15, 0.2) is 0 Å². The van der Waals surface area contributed by atoms with Gasteiger partial charge in [-0.1, -0.05) is 23.2 Å². The van der Waals surface area contributed by atoms with Gasteiger partial charge in [-0.25, -0.2) is 14.3 Å². The van der Waals surface area contributed by atoms with Crippen LogP contribution in [0.15, 0.2) is 23.1 Å². The lowest BCUT2D eigenvalue weighted by Crippen LogP contribution is -2.44. The second-order valence-corrected chi connectivity index (χ2v) is 7.51. The average Bonchev–Trinajstić information content (AvgIpc) is 2.49. The van der Waals surface area contributed by atoms with Gasteiger partial charge in [0.1, 0.15) is 4.90 Å². The highest BCUT2D eigenvalue weighted by Gasteiger charge is 2.33. The number of nitrogens with zero attached hydrogens (tertiary/aromatic N) is 1. The number of carbonyl (C=O) groups is 1. The third-order valence-electron chi connectivity index (χ3n) is 3.48. The normalized spacial score (nSPS) is 17.7. The molecule has 1 fully saturated rings. The van der Waals surface area contributed by atoms with E-state index in [0.717, 1.165) is 0 Å². The lowest BCUT2D eigenvalue weighted by atomic mass is 9.98. The molecule has 1 aliphatic rings. The Bertz CT molecular complexity index is 643. The molecule has 0 aromatic heterocycles. The molecule has 2 rings (SSSR count). The van der Waals surface area contributed by atoms with E-state index in [9.17, 15) is 13.2 Å². The van der Waals surface area contributed by atoms with Gasteiger partial charge in [0.2, 0.25) is 15.9 Å². The topological polar surface area (TPSA) is 92.5 Å². The molecule has 0 aliphatic carbocycles. The number of sulfonamides is 1. The molecule has 0 unspecified atom stereocenters. The lowest BCUT2D eigenvalue weighted by Gasteiger charge is -2.30. The zero-order valence-electron chi connectivity index (χ0n) is 11.1. The monoisotopic (exact) mass is 351 g/mol. The highest BCUT2D eigenvalue weighted by Crippen LogP contribution is 2.30. The number of amides is 1. The first-order valence-electron chi connectivity index (χ1n) is 6.32. The number of piperidine rings is 1. The van der Waals surface area contributed by atoms with E-state index in [4.69, 9.17) is 29.0 Å². The Morgan fingerprint density at radius 1 is 1.29 bits per heavy atom. The van der Waals surface area contributed by atoms with Crippen LogP contribution in [-0.4, -0.2) is 31.7 Å². The third kappa shape index (κ3) is 3.49. The van der Waals surface area contributed by atoms with Crippen molar-refractivity contribution >= 4 is 39.1 Å². The van der Waals surface area contributed by atoms with E-state index < -0.39 is 10.0 Å². The van der Waals surface area contributed by atoms with Crippen molar-refractivity contribution in [2.24, 2.45) is 11.8 Å². The quantitative estimate of drug-likeness (QED) is 0.488. The smallest absolute Gasteiger partial charge is 0.244 e. The molecule has 21 heavy (non-hydrogen) atoms. The summed E-state index contributed by atoms with van der Waals surface area (Å²) in [5.41, 5.74) is 2.09. The van der Waals surface area contributed by atoms with Gasteiger partial charge < -0.3 is 0 Å². The van der Waals surface area contributed by atoms with Crippen molar-refractivity contribution in [2.45, 2.75) is 17.7 Å². The SMILES string of the molecule is NNC(=O)C1CCN(S(=O)(=O)c2cc(Cl)ccc2Cl)CC1. The lowest BCUT2D eigenvalue weighted by molar-refractivity contribution is -0.126. The fraction of sp³-hybridized carbons (Fsp3) is 0.417. The fourth-order valence-corrected chi connectivity index (χ4v) is 4.50. The summed E-state index contributed by atoms with van der Waals surface area (Å²) in [6, 6.07) is 4.31. The highest BCUT2D eigenvalue weighted by atomic mass is 35.5. The number of halogens is 2. The van der Waals surface area contributed by atoms with Crippen molar-refractivity contribution in [3.8, 4) is 0 Å². The van der Waals surface area contributed by atoms with E-state index in [-0.39, 0.29) is 34.8 Å². The molecule has 1 aliphatic heterocycles. The minimum Gasteiger partial charge on any atom is -0.294 e. The Morgan fingerprint density at radius 2 is 1.90 bits per heavy atom. The Balaban J connectivity index is 2.19. The van der Waals surface area contributed by atoms with E-state index in [1.807, 2.05) is 0 Å². The van der Waals surface area contributed by atoms with Gasteiger partial charge >= 0.3 is 0 Å². The molecule has 1 saturated heterocycles. The predicted octanol–water partition coefficient (Wildman–Crippen LogP) is 1.38. The molecule has 0 saturated carbocycles. The van der Waals surface area contributed by atoms with Gasteiger partial charge in [0, 0.05) is 24.0 Å². The minimum atomic E-state index is -3.72. The van der Waals surface area contributed by atoms with Crippen LogP contribution in [0.4, 0.5) is 0 Å².